The smallest absolute Gasteiger partial charge is 0.0626 e. The molecule has 0 spiro atoms. The highest BCUT2D eigenvalue weighted by Crippen LogP contribution is 2.23. The molecule has 21 heavy (non-hydrogen) atoms. The van der Waals surface area contributed by atoms with Crippen molar-refractivity contribution >= 4 is 0 Å². The largest absolute Gasteiger partial charge is 0.394 e. The maximum atomic E-state index is 9.70. The lowest BCUT2D eigenvalue weighted by Gasteiger charge is -2.25. The van der Waals surface area contributed by atoms with Gasteiger partial charge in [0, 0.05) is 6.04 Å². The molecule has 0 aromatic heterocycles. The van der Waals surface area contributed by atoms with Gasteiger partial charge in [0.25, 0.3) is 0 Å². The maximum absolute atomic E-state index is 9.70. The Hall–Kier alpha value is -1.90. The number of hydrogen-bond donors (Lipinski definition) is 2. The lowest BCUT2D eigenvalue weighted by atomic mass is 9.99. The van der Waals surface area contributed by atoms with Gasteiger partial charge < -0.3 is 10.4 Å². The fourth-order valence-electron chi connectivity index (χ4n) is 2.45. The number of aliphatic hydroxyl groups excluding tert-OH is 1. The predicted octanol–water partition coefficient (Wildman–Crippen LogP) is 3.94. The Bertz CT molecular complexity index is 548. The number of nitrogens with one attached hydrogen (secondary N) is 1. The van der Waals surface area contributed by atoms with Crippen molar-refractivity contribution in [2.75, 3.05) is 6.61 Å². The van der Waals surface area contributed by atoms with E-state index in [-0.39, 0.29) is 18.7 Å². The first-order chi connectivity index (χ1) is 10.2. The third-order valence-electron chi connectivity index (χ3n) is 3.67. The Morgan fingerprint density at radius 1 is 1.00 bits per heavy atom. The summed E-state index contributed by atoms with van der Waals surface area (Å²) in [5.74, 6) is 0. The number of aryl methyl sites for hydroxylation is 1. The molecular weight excluding hydrogens is 258 g/mol. The summed E-state index contributed by atoms with van der Waals surface area (Å²) in [6, 6.07) is 18.6. The Morgan fingerprint density at radius 3 is 2.19 bits per heavy atom. The molecule has 2 rings (SSSR count). The molecule has 0 bridgehead atoms. The van der Waals surface area contributed by atoms with Crippen LogP contribution in [0.1, 0.15) is 35.2 Å². The lowest BCUT2D eigenvalue weighted by molar-refractivity contribution is 0.233. The summed E-state index contributed by atoms with van der Waals surface area (Å²) < 4.78 is 0. The van der Waals surface area contributed by atoms with Crippen LogP contribution in [0.2, 0.25) is 0 Å². The molecular formula is C19H23NO. The molecule has 0 aliphatic rings. The molecule has 2 N–H and O–H groups in total. The van der Waals surface area contributed by atoms with Crippen molar-refractivity contribution in [1.82, 2.24) is 5.32 Å². The van der Waals surface area contributed by atoms with Gasteiger partial charge in [0.2, 0.25) is 0 Å². The second-order valence-corrected chi connectivity index (χ2v) is 5.30. The van der Waals surface area contributed by atoms with Gasteiger partial charge in [-0.3, -0.25) is 0 Å². The van der Waals surface area contributed by atoms with Crippen molar-refractivity contribution in [3.05, 3.63) is 83.9 Å². The molecule has 0 radical (unpaired) electrons. The summed E-state index contributed by atoms with van der Waals surface area (Å²) >= 11 is 0. The summed E-state index contributed by atoms with van der Waals surface area (Å²) in [7, 11) is 0. The van der Waals surface area contributed by atoms with E-state index in [0.29, 0.717) is 0 Å². The minimum atomic E-state index is -0.0718. The average molecular weight is 281 g/mol. The second kappa shape index (κ2) is 7.77. The van der Waals surface area contributed by atoms with Gasteiger partial charge in [0.1, 0.15) is 0 Å². The van der Waals surface area contributed by atoms with E-state index in [1.165, 1.54) is 11.1 Å². The van der Waals surface area contributed by atoms with Crippen LogP contribution in [0.4, 0.5) is 0 Å². The normalized spacial score (nSPS) is 13.6. The molecule has 2 aromatic carbocycles. The molecule has 0 unspecified atom stereocenters. The van der Waals surface area contributed by atoms with Crippen LogP contribution >= 0.6 is 0 Å². The monoisotopic (exact) mass is 281 g/mol. The highest BCUT2D eigenvalue weighted by molar-refractivity contribution is 5.26. The number of rotatable bonds is 7. The van der Waals surface area contributed by atoms with E-state index in [9.17, 15) is 5.11 Å². The molecule has 110 valence electrons. The fraction of sp³-hybridized carbons (Fsp3) is 0.263. The molecule has 0 heterocycles. The second-order valence-electron chi connectivity index (χ2n) is 5.30. The Labute approximate surface area is 127 Å². The molecule has 2 aromatic rings. The third-order valence-corrected chi connectivity index (χ3v) is 3.67. The van der Waals surface area contributed by atoms with Crippen molar-refractivity contribution in [2.24, 2.45) is 0 Å². The van der Waals surface area contributed by atoms with E-state index in [1.807, 2.05) is 36.4 Å². The summed E-state index contributed by atoms with van der Waals surface area (Å²) in [6.45, 7) is 6.00. The molecule has 2 heteroatoms. The number of aliphatic hydroxyl groups is 1. The van der Waals surface area contributed by atoms with Gasteiger partial charge in [-0.05, 0) is 24.5 Å². The van der Waals surface area contributed by atoms with Gasteiger partial charge in [0.05, 0.1) is 12.6 Å². The van der Waals surface area contributed by atoms with Crippen molar-refractivity contribution in [3.8, 4) is 0 Å². The highest BCUT2D eigenvalue weighted by atomic mass is 16.3. The first-order valence-corrected chi connectivity index (χ1v) is 7.34. The van der Waals surface area contributed by atoms with Gasteiger partial charge in [-0.1, -0.05) is 66.2 Å². The third kappa shape index (κ3) is 4.28. The van der Waals surface area contributed by atoms with Crippen molar-refractivity contribution in [2.45, 2.75) is 25.4 Å². The van der Waals surface area contributed by atoms with Crippen LogP contribution in [0.3, 0.4) is 0 Å². The van der Waals surface area contributed by atoms with E-state index in [1.54, 1.807) is 0 Å². The van der Waals surface area contributed by atoms with E-state index >= 15 is 0 Å². The van der Waals surface area contributed by atoms with Crippen LogP contribution < -0.4 is 5.32 Å². The zero-order valence-electron chi connectivity index (χ0n) is 12.5. The van der Waals surface area contributed by atoms with E-state index < -0.39 is 0 Å². The Morgan fingerprint density at radius 2 is 1.62 bits per heavy atom. The quantitative estimate of drug-likeness (QED) is 0.754. The Kier molecular flexibility index (Phi) is 5.73. The summed E-state index contributed by atoms with van der Waals surface area (Å²) in [5.41, 5.74) is 3.56. The topological polar surface area (TPSA) is 32.3 Å². The predicted molar refractivity (Wildman–Crippen MR) is 88.1 cm³/mol. The molecule has 0 saturated carbocycles. The SMILES string of the molecule is C=CC[C@@H](N[C@@H](CO)c1ccccc1)c1ccc(C)cc1. The first kappa shape index (κ1) is 15.5. The van der Waals surface area contributed by atoms with E-state index in [4.69, 9.17) is 0 Å². The fourth-order valence-corrected chi connectivity index (χ4v) is 2.45. The standard InChI is InChI=1S/C19H23NO/c1-3-7-18(17-12-10-15(2)11-13-17)20-19(14-21)16-8-5-4-6-9-16/h3-6,8-13,18-21H,1,7,14H2,2H3/t18-,19+/m1/s1. The zero-order chi connectivity index (χ0) is 15.1. The molecule has 0 amide bonds. The van der Waals surface area contributed by atoms with Crippen LogP contribution in [0.15, 0.2) is 67.3 Å². The molecule has 0 aliphatic heterocycles. The van der Waals surface area contributed by atoms with Crippen LogP contribution in [-0.4, -0.2) is 11.7 Å². The number of hydrogen-bond acceptors (Lipinski definition) is 2. The minimum Gasteiger partial charge on any atom is -0.394 e. The molecule has 0 fully saturated rings. The van der Waals surface area contributed by atoms with Gasteiger partial charge in [0.15, 0.2) is 0 Å². The van der Waals surface area contributed by atoms with Crippen molar-refractivity contribution in [3.63, 3.8) is 0 Å². The average Bonchev–Trinajstić information content (AvgIpc) is 2.53. The van der Waals surface area contributed by atoms with Crippen LogP contribution in [0.5, 0.6) is 0 Å². The van der Waals surface area contributed by atoms with E-state index in [0.717, 1.165) is 12.0 Å². The van der Waals surface area contributed by atoms with Crippen LogP contribution in [-0.2, 0) is 0 Å². The van der Waals surface area contributed by atoms with Crippen LogP contribution in [0, 0.1) is 6.92 Å². The molecule has 2 nitrogen and oxygen atoms in total. The van der Waals surface area contributed by atoms with E-state index in [2.05, 4.69) is 43.1 Å². The summed E-state index contributed by atoms with van der Waals surface area (Å²) in [6.07, 6.45) is 2.74. The molecule has 0 aliphatic carbocycles. The van der Waals surface area contributed by atoms with Crippen molar-refractivity contribution < 1.29 is 5.11 Å². The minimum absolute atomic E-state index is 0.0718. The zero-order valence-corrected chi connectivity index (χ0v) is 12.5. The van der Waals surface area contributed by atoms with Gasteiger partial charge in [-0.2, -0.15) is 0 Å². The van der Waals surface area contributed by atoms with Crippen molar-refractivity contribution in [1.29, 1.82) is 0 Å². The van der Waals surface area contributed by atoms with Crippen LogP contribution in [0.25, 0.3) is 0 Å². The summed E-state index contributed by atoms with van der Waals surface area (Å²) in [4.78, 5) is 0. The molecule has 2 atom stereocenters. The first-order valence-electron chi connectivity index (χ1n) is 7.34. The lowest BCUT2D eigenvalue weighted by Crippen LogP contribution is -2.28. The molecule has 0 saturated heterocycles. The van der Waals surface area contributed by atoms with Gasteiger partial charge in [-0.25, -0.2) is 0 Å². The van der Waals surface area contributed by atoms with Gasteiger partial charge >= 0.3 is 0 Å². The van der Waals surface area contributed by atoms with Gasteiger partial charge in [-0.15, -0.1) is 6.58 Å². The Balaban J connectivity index is 2.18. The number of benzene rings is 2. The summed E-state index contributed by atoms with van der Waals surface area (Å²) in [5, 5.41) is 13.2. The highest BCUT2D eigenvalue weighted by Gasteiger charge is 2.16. The maximum Gasteiger partial charge on any atom is 0.0626 e.